The molecule has 0 atom stereocenters. The summed E-state index contributed by atoms with van der Waals surface area (Å²) in [6.45, 7) is 8.28. The van der Waals surface area contributed by atoms with E-state index in [1.165, 1.54) is 18.7 Å². The zero-order valence-electron chi connectivity index (χ0n) is 18.1. The van der Waals surface area contributed by atoms with Crippen LogP contribution in [0, 0.1) is 5.41 Å². The maximum absolute atomic E-state index is 12.4. The maximum atomic E-state index is 12.4. The predicted molar refractivity (Wildman–Crippen MR) is 120 cm³/mol. The van der Waals surface area contributed by atoms with Crippen LogP contribution < -0.4 is 10.3 Å². The van der Waals surface area contributed by atoms with Gasteiger partial charge in [-0.1, -0.05) is 43.2 Å². The molecule has 0 saturated carbocycles. The molecule has 0 saturated heterocycles. The van der Waals surface area contributed by atoms with Gasteiger partial charge in [0.25, 0.3) is 5.56 Å². The summed E-state index contributed by atoms with van der Waals surface area (Å²) in [7, 11) is -1.95. The molecule has 1 aliphatic rings. The number of H-pyrrole nitrogens is 2. The zero-order chi connectivity index (χ0) is 21.7. The van der Waals surface area contributed by atoms with Gasteiger partial charge in [0.15, 0.2) is 0 Å². The average molecular weight is 420 g/mol. The lowest BCUT2D eigenvalue weighted by atomic mass is 9.75. The Balaban J connectivity index is 2.11. The fraction of sp³-hybridized carbons (Fsp3) is 0.500. The first-order chi connectivity index (χ1) is 13.5. The van der Waals surface area contributed by atoms with Crippen molar-refractivity contribution in [2.24, 2.45) is 5.41 Å². The quantitative estimate of drug-likeness (QED) is 0.545. The molecule has 1 aliphatic carbocycles. The molecular weight excluding hydrogens is 386 g/mol. The van der Waals surface area contributed by atoms with E-state index in [0.717, 1.165) is 42.5 Å². The van der Waals surface area contributed by atoms with Gasteiger partial charge in [0, 0.05) is 6.07 Å². The summed E-state index contributed by atoms with van der Waals surface area (Å²) in [5, 5.41) is 5.34. The second-order valence-corrected chi connectivity index (χ2v) is 10.2. The summed E-state index contributed by atoms with van der Waals surface area (Å²) < 4.78 is 27.4. The van der Waals surface area contributed by atoms with E-state index in [0.29, 0.717) is 11.3 Å². The van der Waals surface area contributed by atoms with Gasteiger partial charge in [0.2, 0.25) is 10.0 Å². The molecule has 7 heteroatoms. The molecule has 6 nitrogen and oxygen atoms in total. The van der Waals surface area contributed by atoms with E-state index in [9.17, 15) is 13.2 Å². The maximum Gasteiger partial charge on any atom is 0.264 e. The van der Waals surface area contributed by atoms with Gasteiger partial charge in [-0.3, -0.25) is 15.0 Å². The van der Waals surface area contributed by atoms with Crippen molar-refractivity contribution in [3.63, 3.8) is 0 Å². The third-order valence-electron chi connectivity index (χ3n) is 5.36. The molecule has 3 N–H and O–H groups in total. The van der Waals surface area contributed by atoms with E-state index < -0.39 is 10.0 Å². The molecule has 2 rings (SSSR count). The smallest absolute Gasteiger partial charge is 0.264 e. The highest BCUT2D eigenvalue weighted by Gasteiger charge is 2.33. The van der Waals surface area contributed by atoms with Crippen LogP contribution >= 0.6 is 0 Å². The molecule has 1 heterocycles. The van der Waals surface area contributed by atoms with Crippen molar-refractivity contribution in [3.8, 4) is 0 Å². The molecule has 29 heavy (non-hydrogen) atoms. The minimum absolute atomic E-state index is 0.135. The molecule has 0 bridgehead atoms. The van der Waals surface area contributed by atoms with Crippen LogP contribution in [0.15, 0.2) is 50.7 Å². The summed E-state index contributed by atoms with van der Waals surface area (Å²) in [6, 6.07) is 1.53. The number of sulfonamides is 1. The van der Waals surface area contributed by atoms with E-state index in [-0.39, 0.29) is 11.0 Å². The Morgan fingerprint density at radius 2 is 2.00 bits per heavy atom. The van der Waals surface area contributed by atoms with Crippen molar-refractivity contribution in [2.45, 2.75) is 59.8 Å². The summed E-state index contributed by atoms with van der Waals surface area (Å²) in [5.74, 6) is 0. The predicted octanol–water partition coefficient (Wildman–Crippen LogP) is 4.40. The highest BCUT2D eigenvalue weighted by molar-refractivity contribution is 7.93. The highest BCUT2D eigenvalue weighted by atomic mass is 32.2. The minimum atomic E-state index is -3.42. The summed E-state index contributed by atoms with van der Waals surface area (Å²) in [6.07, 6.45) is 12.3. The van der Waals surface area contributed by atoms with Crippen LogP contribution in [-0.4, -0.2) is 25.7 Å². The summed E-state index contributed by atoms with van der Waals surface area (Å²) in [5.41, 5.74) is 3.65. The van der Waals surface area contributed by atoms with Crippen LogP contribution in [0.25, 0.3) is 6.08 Å². The second-order valence-electron chi connectivity index (χ2n) is 8.31. The number of hydrogen-bond acceptors (Lipinski definition) is 3. The number of hydrogen-bond donors (Lipinski definition) is 3. The van der Waals surface area contributed by atoms with Gasteiger partial charge in [-0.05, 0) is 70.1 Å². The molecule has 1 aromatic rings. The van der Waals surface area contributed by atoms with Crippen LogP contribution in [0.1, 0.15) is 65.5 Å². The molecule has 0 aromatic carbocycles. The number of aromatic nitrogens is 2. The van der Waals surface area contributed by atoms with Gasteiger partial charge >= 0.3 is 0 Å². The lowest BCUT2D eigenvalue weighted by molar-refractivity contribution is 0.381. The van der Waals surface area contributed by atoms with Crippen molar-refractivity contribution in [1.29, 1.82) is 0 Å². The van der Waals surface area contributed by atoms with E-state index in [2.05, 4.69) is 34.8 Å². The Bertz CT molecular complexity index is 1000. The van der Waals surface area contributed by atoms with E-state index >= 15 is 0 Å². The summed E-state index contributed by atoms with van der Waals surface area (Å²) >= 11 is 0. The fourth-order valence-electron chi connectivity index (χ4n) is 3.63. The van der Waals surface area contributed by atoms with Crippen molar-refractivity contribution < 1.29 is 8.42 Å². The standard InChI is InChI=1S/C22H33N3O3S/c1-16(8-6-9-17(2)14-18-15-21(26)25-24-18)11-12-19-20(29(27,28)23-5)10-7-13-22(19,3)4/h8,11-12,14-15,23H,6-7,9-10,13H2,1-5H3,(H2,24,25,26)/b12-11+,16-8+,17-14+. The molecule has 0 amide bonds. The number of rotatable bonds is 8. The minimum Gasteiger partial charge on any atom is -0.298 e. The topological polar surface area (TPSA) is 94.8 Å². The second kappa shape index (κ2) is 9.59. The molecule has 1 aromatic heterocycles. The zero-order valence-corrected chi connectivity index (χ0v) is 18.9. The Morgan fingerprint density at radius 3 is 2.62 bits per heavy atom. The van der Waals surface area contributed by atoms with Crippen LogP contribution in [-0.2, 0) is 10.0 Å². The Hall–Kier alpha value is -2.12. The van der Waals surface area contributed by atoms with Gasteiger partial charge in [-0.15, -0.1) is 0 Å². The Kier molecular flexibility index (Phi) is 7.66. The number of aromatic amines is 2. The largest absolute Gasteiger partial charge is 0.298 e. The van der Waals surface area contributed by atoms with Crippen LogP contribution in [0.4, 0.5) is 0 Å². The lowest BCUT2D eigenvalue weighted by Crippen LogP contribution is -2.28. The molecule has 0 unspecified atom stereocenters. The van der Waals surface area contributed by atoms with Crippen molar-refractivity contribution in [3.05, 3.63) is 62.0 Å². The van der Waals surface area contributed by atoms with Gasteiger partial charge < -0.3 is 0 Å². The van der Waals surface area contributed by atoms with Crippen LogP contribution in [0.3, 0.4) is 0 Å². The first-order valence-corrected chi connectivity index (χ1v) is 11.5. The monoisotopic (exact) mass is 419 g/mol. The SMILES string of the molecule is CNS(=O)(=O)C1=C(/C=C/C(C)=C/CC/C(C)=C/c2cc(=O)[nH][nH]2)C(C)(C)CCC1. The summed E-state index contributed by atoms with van der Waals surface area (Å²) in [4.78, 5) is 11.7. The van der Waals surface area contributed by atoms with Crippen LogP contribution in [0.2, 0.25) is 0 Å². The molecule has 160 valence electrons. The first kappa shape index (κ1) is 23.2. The Labute approximate surface area is 173 Å². The fourth-order valence-corrected chi connectivity index (χ4v) is 4.92. The first-order valence-electron chi connectivity index (χ1n) is 10.0. The van der Waals surface area contributed by atoms with Gasteiger partial charge in [0.05, 0.1) is 10.6 Å². The number of allylic oxidation sites excluding steroid dienone is 7. The van der Waals surface area contributed by atoms with Crippen LogP contribution in [0.5, 0.6) is 0 Å². The average Bonchev–Trinajstić information content (AvgIpc) is 3.04. The van der Waals surface area contributed by atoms with Gasteiger partial charge in [-0.25, -0.2) is 13.1 Å². The van der Waals surface area contributed by atoms with E-state index in [4.69, 9.17) is 0 Å². The van der Waals surface area contributed by atoms with E-state index in [1.54, 1.807) is 0 Å². The third-order valence-corrected chi connectivity index (χ3v) is 6.97. The van der Waals surface area contributed by atoms with Gasteiger partial charge in [-0.2, -0.15) is 0 Å². The van der Waals surface area contributed by atoms with E-state index in [1.807, 2.05) is 32.1 Å². The highest BCUT2D eigenvalue weighted by Crippen LogP contribution is 2.42. The molecular formula is C22H33N3O3S. The lowest BCUT2D eigenvalue weighted by Gasteiger charge is -2.33. The molecule has 0 radical (unpaired) electrons. The van der Waals surface area contributed by atoms with Gasteiger partial charge in [0.1, 0.15) is 0 Å². The number of nitrogens with one attached hydrogen (secondary N) is 3. The molecule has 0 spiro atoms. The van der Waals surface area contributed by atoms with Crippen molar-refractivity contribution in [2.75, 3.05) is 7.05 Å². The third kappa shape index (κ3) is 6.44. The molecule has 0 fully saturated rings. The Morgan fingerprint density at radius 1 is 1.28 bits per heavy atom. The normalized spacial score (nSPS) is 18.7. The van der Waals surface area contributed by atoms with Crippen molar-refractivity contribution >= 4 is 16.1 Å². The van der Waals surface area contributed by atoms with Crippen molar-refractivity contribution in [1.82, 2.24) is 14.9 Å². The molecule has 0 aliphatic heterocycles.